The van der Waals surface area contributed by atoms with Crippen molar-refractivity contribution in [2.45, 2.75) is 38.1 Å². The molecule has 1 atom stereocenters. The predicted molar refractivity (Wildman–Crippen MR) is 206 cm³/mol. The highest BCUT2D eigenvalue weighted by Crippen LogP contribution is 2.32. The van der Waals surface area contributed by atoms with Crippen LogP contribution in [-0.4, -0.2) is 51.9 Å². The molecule has 1 fully saturated rings. The Balaban J connectivity index is 0.923. The number of ether oxygens (including phenoxy) is 2. The number of hydrogen-bond acceptors (Lipinski definition) is 8. The summed E-state index contributed by atoms with van der Waals surface area (Å²) in [5, 5.41) is 28.1. The predicted octanol–water partition coefficient (Wildman–Crippen LogP) is 7.73. The van der Waals surface area contributed by atoms with E-state index in [0.29, 0.717) is 35.3 Å². The lowest BCUT2D eigenvalue weighted by Crippen LogP contribution is -2.38. The van der Waals surface area contributed by atoms with Gasteiger partial charge in [0.05, 0.1) is 17.3 Å². The molecule has 2 heterocycles. The normalized spacial score (nSPS) is 14.1. The Bertz CT molecular complexity index is 2230. The minimum Gasteiger partial charge on any atom is -0.506 e. The standard InChI is InChI=1S/C43H42N4O6/c48-37-20-18-34(35-19-21-41(50)46-42(35)37)38(49)27-44-26-30-12-4-8-16-39(30)53-40-17-9-5-13-31(40)28-47-24-22-32(23-25-47)52-43(51)45-36-15-7-6-14-33(36)29-10-2-1-3-11-29/h1-21,32,38,44,48-49H,22-28H2,(H,45,51)(H,46,50)/t38-/m1/s1. The number of pyridine rings is 1. The summed E-state index contributed by atoms with van der Waals surface area (Å²) in [4.78, 5) is 29.7. The van der Waals surface area contributed by atoms with Crippen molar-refractivity contribution in [2.75, 3.05) is 25.0 Å². The fourth-order valence-corrected chi connectivity index (χ4v) is 6.78. The van der Waals surface area contributed by atoms with E-state index in [-0.39, 0.29) is 24.0 Å². The van der Waals surface area contributed by atoms with E-state index >= 15 is 0 Å². The van der Waals surface area contributed by atoms with Crippen LogP contribution in [0.1, 0.15) is 35.6 Å². The van der Waals surface area contributed by atoms with Crippen molar-refractivity contribution in [3.63, 3.8) is 0 Å². The second-order valence-electron chi connectivity index (χ2n) is 13.2. The maximum atomic E-state index is 12.9. The summed E-state index contributed by atoms with van der Waals surface area (Å²) in [6, 6.07) is 39.6. The van der Waals surface area contributed by atoms with Crippen LogP contribution >= 0.6 is 0 Å². The lowest BCUT2D eigenvalue weighted by Gasteiger charge is -2.32. The van der Waals surface area contributed by atoms with Crippen LogP contribution in [0.2, 0.25) is 0 Å². The van der Waals surface area contributed by atoms with Gasteiger partial charge in [-0.25, -0.2) is 4.79 Å². The highest BCUT2D eigenvalue weighted by atomic mass is 16.6. The molecule has 1 saturated heterocycles. The Morgan fingerprint density at radius 3 is 2.28 bits per heavy atom. The van der Waals surface area contributed by atoms with Gasteiger partial charge in [0.25, 0.3) is 0 Å². The number of nitrogens with zero attached hydrogens (tertiary/aromatic N) is 1. The number of aromatic nitrogens is 1. The maximum Gasteiger partial charge on any atom is 0.411 e. The van der Waals surface area contributed by atoms with Crippen LogP contribution in [0, 0.1) is 0 Å². The molecule has 1 aromatic heterocycles. The number of benzene rings is 5. The number of nitrogens with one attached hydrogen (secondary N) is 3. The number of para-hydroxylation sites is 3. The zero-order valence-electron chi connectivity index (χ0n) is 29.2. The van der Waals surface area contributed by atoms with E-state index < -0.39 is 12.2 Å². The van der Waals surface area contributed by atoms with Gasteiger partial charge in [-0.15, -0.1) is 0 Å². The first-order valence-corrected chi connectivity index (χ1v) is 17.8. The highest BCUT2D eigenvalue weighted by molar-refractivity contribution is 5.91. The first-order chi connectivity index (χ1) is 25.9. The molecule has 0 unspecified atom stereocenters. The van der Waals surface area contributed by atoms with E-state index in [1.807, 2.05) is 97.1 Å². The number of carbonyl (C=O) groups is 1. The molecule has 270 valence electrons. The van der Waals surface area contributed by atoms with Crippen molar-refractivity contribution >= 4 is 22.7 Å². The van der Waals surface area contributed by atoms with Gasteiger partial charge < -0.3 is 30.0 Å². The number of phenols is 1. The fourth-order valence-electron chi connectivity index (χ4n) is 6.78. The summed E-state index contributed by atoms with van der Waals surface area (Å²) in [5.41, 5.74) is 5.24. The number of likely N-dealkylation sites (tertiary alicyclic amines) is 1. The van der Waals surface area contributed by atoms with Crippen LogP contribution in [0.5, 0.6) is 17.2 Å². The van der Waals surface area contributed by atoms with Gasteiger partial charge in [-0.05, 0) is 54.3 Å². The first-order valence-electron chi connectivity index (χ1n) is 17.8. The van der Waals surface area contributed by atoms with E-state index in [1.54, 1.807) is 12.1 Å². The minimum atomic E-state index is -0.877. The van der Waals surface area contributed by atoms with Crippen molar-refractivity contribution in [1.82, 2.24) is 15.2 Å². The number of aromatic hydroxyl groups is 1. The van der Waals surface area contributed by atoms with E-state index in [4.69, 9.17) is 9.47 Å². The number of phenolic OH excluding ortho intramolecular Hbond substituents is 1. The smallest absolute Gasteiger partial charge is 0.411 e. The van der Waals surface area contributed by atoms with Gasteiger partial charge in [-0.3, -0.25) is 15.0 Å². The molecule has 0 bridgehead atoms. The maximum absolute atomic E-state index is 12.9. The number of carbonyl (C=O) groups excluding carboxylic acids is 1. The number of aliphatic hydroxyl groups is 1. The molecule has 0 saturated carbocycles. The number of fused-ring (bicyclic) bond motifs is 1. The number of H-pyrrole nitrogens is 1. The summed E-state index contributed by atoms with van der Waals surface area (Å²) in [6.07, 6.45) is -0.0293. The first kappa shape index (κ1) is 35.5. The molecular weight excluding hydrogens is 668 g/mol. The summed E-state index contributed by atoms with van der Waals surface area (Å²) in [6.45, 7) is 2.94. The molecule has 1 aliphatic rings. The van der Waals surface area contributed by atoms with E-state index in [9.17, 15) is 19.8 Å². The zero-order chi connectivity index (χ0) is 36.6. The van der Waals surface area contributed by atoms with Crippen LogP contribution in [0.4, 0.5) is 10.5 Å². The summed E-state index contributed by atoms with van der Waals surface area (Å²) in [5.74, 6) is 1.42. The third-order valence-electron chi connectivity index (χ3n) is 9.53. The number of aromatic amines is 1. The molecule has 53 heavy (non-hydrogen) atoms. The Kier molecular flexibility index (Phi) is 11.1. The van der Waals surface area contributed by atoms with Crippen molar-refractivity contribution in [2.24, 2.45) is 0 Å². The summed E-state index contributed by atoms with van der Waals surface area (Å²) in [7, 11) is 0. The van der Waals surface area contributed by atoms with Gasteiger partial charge in [-0.1, -0.05) is 91.0 Å². The van der Waals surface area contributed by atoms with Crippen LogP contribution in [0.15, 0.2) is 132 Å². The molecule has 10 heteroatoms. The van der Waals surface area contributed by atoms with Crippen LogP contribution in [-0.2, 0) is 17.8 Å². The Morgan fingerprint density at radius 1 is 0.811 bits per heavy atom. The SMILES string of the molecule is O=C(Nc1ccccc1-c1ccccc1)OC1CCN(Cc2ccccc2Oc2ccccc2CNC[C@@H](O)c2ccc(O)c3[nH]c(=O)ccc23)CC1. The molecule has 7 rings (SSSR count). The van der Waals surface area contributed by atoms with Gasteiger partial charge in [0.1, 0.15) is 23.4 Å². The second kappa shape index (κ2) is 16.6. The van der Waals surface area contributed by atoms with Gasteiger partial charge in [0, 0.05) is 60.9 Å². The van der Waals surface area contributed by atoms with Gasteiger partial charge in [0.15, 0.2) is 0 Å². The number of aliphatic hydroxyl groups excluding tert-OH is 1. The highest BCUT2D eigenvalue weighted by Gasteiger charge is 2.24. The lowest BCUT2D eigenvalue weighted by molar-refractivity contribution is 0.0565. The van der Waals surface area contributed by atoms with E-state index in [0.717, 1.165) is 59.6 Å². The molecule has 10 nitrogen and oxygen atoms in total. The van der Waals surface area contributed by atoms with Crippen molar-refractivity contribution in [3.05, 3.63) is 154 Å². The number of anilines is 1. The molecule has 0 spiro atoms. The van der Waals surface area contributed by atoms with Gasteiger partial charge in [0.2, 0.25) is 5.56 Å². The quantitative estimate of drug-likeness (QED) is 0.0871. The average Bonchev–Trinajstić information content (AvgIpc) is 3.18. The second-order valence-corrected chi connectivity index (χ2v) is 13.2. The summed E-state index contributed by atoms with van der Waals surface area (Å²) >= 11 is 0. The Labute approximate surface area is 307 Å². The Hall–Kier alpha value is -5.94. The monoisotopic (exact) mass is 710 g/mol. The van der Waals surface area contributed by atoms with Crippen molar-refractivity contribution in [3.8, 4) is 28.4 Å². The molecule has 6 aromatic rings. The molecule has 5 aromatic carbocycles. The molecule has 0 radical (unpaired) electrons. The zero-order valence-corrected chi connectivity index (χ0v) is 29.2. The Morgan fingerprint density at radius 2 is 1.49 bits per heavy atom. The molecular formula is C43H42N4O6. The third-order valence-corrected chi connectivity index (χ3v) is 9.53. The molecule has 5 N–H and O–H groups in total. The van der Waals surface area contributed by atoms with Crippen molar-refractivity contribution in [1.29, 1.82) is 0 Å². The number of amides is 1. The number of piperidine rings is 1. The molecule has 1 amide bonds. The number of hydrogen-bond donors (Lipinski definition) is 5. The molecule has 1 aliphatic heterocycles. The van der Waals surface area contributed by atoms with Crippen molar-refractivity contribution < 1.29 is 24.5 Å². The van der Waals surface area contributed by atoms with Crippen LogP contribution < -0.4 is 20.9 Å². The van der Waals surface area contributed by atoms with Gasteiger partial charge in [-0.2, -0.15) is 0 Å². The lowest BCUT2D eigenvalue weighted by atomic mass is 10.0. The minimum absolute atomic E-state index is 0.0481. The van der Waals surface area contributed by atoms with Crippen LogP contribution in [0.25, 0.3) is 22.0 Å². The van der Waals surface area contributed by atoms with Crippen LogP contribution in [0.3, 0.4) is 0 Å². The van der Waals surface area contributed by atoms with Gasteiger partial charge >= 0.3 is 6.09 Å². The van der Waals surface area contributed by atoms with E-state index in [2.05, 4.69) is 26.6 Å². The average molecular weight is 711 g/mol. The third kappa shape index (κ3) is 8.75. The molecule has 0 aliphatic carbocycles. The fraction of sp³-hybridized carbons (Fsp3) is 0.209. The number of rotatable bonds is 12. The summed E-state index contributed by atoms with van der Waals surface area (Å²) < 4.78 is 12.4. The topological polar surface area (TPSA) is 136 Å². The van der Waals surface area contributed by atoms with E-state index in [1.165, 1.54) is 12.1 Å². The largest absolute Gasteiger partial charge is 0.506 e.